The van der Waals surface area contributed by atoms with Crippen molar-refractivity contribution in [2.75, 3.05) is 6.61 Å². The Labute approximate surface area is 109 Å². The fourth-order valence-corrected chi connectivity index (χ4v) is 2.32. The summed E-state index contributed by atoms with van der Waals surface area (Å²) >= 11 is 7.47. The maximum Gasteiger partial charge on any atom is 0.316 e. The number of hydrogen-bond donors (Lipinski definition) is 0. The molecule has 0 unspecified atom stereocenters. The molecule has 5 heteroatoms. The first kappa shape index (κ1) is 12.3. The van der Waals surface area contributed by atoms with E-state index in [4.69, 9.17) is 16.3 Å². The molecule has 0 aliphatic rings. The number of ether oxygens (including phenoxy) is 1. The van der Waals surface area contributed by atoms with Crippen molar-refractivity contribution in [3.05, 3.63) is 39.8 Å². The summed E-state index contributed by atoms with van der Waals surface area (Å²) in [6, 6.07) is 4.56. The molecule has 2 aromatic heterocycles. The first-order valence-electron chi connectivity index (χ1n) is 5.33. The van der Waals surface area contributed by atoms with Gasteiger partial charge in [-0.2, -0.15) is 0 Å². The number of aromatic nitrogens is 2. The summed E-state index contributed by atoms with van der Waals surface area (Å²) in [6.07, 6.45) is 2.60. The molecule has 2 aromatic rings. The average Bonchev–Trinajstić information content (AvgIpc) is 2.82. The molecule has 0 spiro atoms. The summed E-state index contributed by atoms with van der Waals surface area (Å²) in [5, 5.41) is 2.06. The van der Waals surface area contributed by atoms with Gasteiger partial charge in [0.25, 0.3) is 0 Å². The highest BCUT2D eigenvalue weighted by atomic mass is 35.5. The Hall–Kier alpha value is -1.13. The normalized spacial score (nSPS) is 10.5. The Balaban J connectivity index is 1.89. The molecule has 0 saturated heterocycles. The van der Waals surface area contributed by atoms with Crippen LogP contribution in [-0.4, -0.2) is 16.6 Å². The Morgan fingerprint density at radius 1 is 1.47 bits per heavy atom. The van der Waals surface area contributed by atoms with Gasteiger partial charge in [0, 0.05) is 28.8 Å². The van der Waals surface area contributed by atoms with Crippen molar-refractivity contribution in [2.24, 2.45) is 0 Å². The molecule has 0 N–H and O–H groups in total. The Kier molecular flexibility index (Phi) is 4.34. The molecule has 0 aromatic carbocycles. The number of hydrogen-bond acceptors (Lipinski definition) is 4. The van der Waals surface area contributed by atoms with Gasteiger partial charge in [0.15, 0.2) is 0 Å². The highest BCUT2D eigenvalue weighted by molar-refractivity contribution is 7.09. The molecule has 17 heavy (non-hydrogen) atoms. The van der Waals surface area contributed by atoms with Crippen molar-refractivity contribution in [3.8, 4) is 6.01 Å². The van der Waals surface area contributed by atoms with Crippen LogP contribution in [0.2, 0.25) is 0 Å². The van der Waals surface area contributed by atoms with Crippen molar-refractivity contribution in [3.63, 3.8) is 0 Å². The van der Waals surface area contributed by atoms with E-state index in [1.54, 1.807) is 17.5 Å². The molecule has 2 heterocycles. The van der Waals surface area contributed by atoms with Gasteiger partial charge >= 0.3 is 6.01 Å². The zero-order valence-electron chi connectivity index (χ0n) is 9.52. The van der Waals surface area contributed by atoms with E-state index in [2.05, 4.69) is 21.4 Å². The highest BCUT2D eigenvalue weighted by Crippen LogP contribution is 2.12. The third-order valence-electron chi connectivity index (χ3n) is 2.36. The van der Waals surface area contributed by atoms with Gasteiger partial charge in [-0.15, -0.1) is 22.9 Å². The Morgan fingerprint density at radius 2 is 2.35 bits per heavy atom. The molecular weight excluding hydrogens is 256 g/mol. The molecular formula is C12H13ClN2OS. The minimum absolute atomic E-state index is 0.424. The number of halogens is 1. The third kappa shape index (κ3) is 3.41. The smallest absolute Gasteiger partial charge is 0.316 e. The maximum absolute atomic E-state index is 5.74. The average molecular weight is 269 g/mol. The lowest BCUT2D eigenvalue weighted by molar-refractivity contribution is 0.296. The van der Waals surface area contributed by atoms with Crippen molar-refractivity contribution in [2.45, 2.75) is 19.2 Å². The van der Waals surface area contributed by atoms with Gasteiger partial charge in [0.1, 0.15) is 0 Å². The second-order valence-corrected chi connectivity index (χ2v) is 4.87. The minimum atomic E-state index is 0.424. The van der Waals surface area contributed by atoms with E-state index in [1.807, 2.05) is 13.0 Å². The second-order valence-electron chi connectivity index (χ2n) is 3.57. The van der Waals surface area contributed by atoms with Crippen molar-refractivity contribution in [1.82, 2.24) is 9.97 Å². The summed E-state index contributed by atoms with van der Waals surface area (Å²) in [5.41, 5.74) is 1.82. The van der Waals surface area contributed by atoms with Crippen molar-refractivity contribution in [1.29, 1.82) is 0 Å². The number of aryl methyl sites for hydroxylation is 1. The summed E-state index contributed by atoms with van der Waals surface area (Å²) in [7, 11) is 0. The summed E-state index contributed by atoms with van der Waals surface area (Å²) < 4.78 is 5.50. The van der Waals surface area contributed by atoms with E-state index in [9.17, 15) is 0 Å². The van der Waals surface area contributed by atoms with E-state index in [0.29, 0.717) is 18.5 Å². The van der Waals surface area contributed by atoms with Crippen LogP contribution in [0, 0.1) is 6.92 Å². The number of thiophene rings is 1. The molecule has 0 fully saturated rings. The minimum Gasteiger partial charge on any atom is -0.463 e. The van der Waals surface area contributed by atoms with Gasteiger partial charge in [-0.05, 0) is 18.4 Å². The van der Waals surface area contributed by atoms with Gasteiger partial charge in [-0.3, -0.25) is 0 Å². The molecule has 0 atom stereocenters. The summed E-state index contributed by atoms with van der Waals surface area (Å²) in [4.78, 5) is 9.67. The number of nitrogens with zero attached hydrogens (tertiary/aromatic N) is 2. The van der Waals surface area contributed by atoms with E-state index < -0.39 is 0 Å². The van der Waals surface area contributed by atoms with Crippen LogP contribution in [-0.2, 0) is 12.3 Å². The molecule has 0 radical (unpaired) electrons. The fraction of sp³-hybridized carbons (Fsp3) is 0.333. The van der Waals surface area contributed by atoms with Crippen LogP contribution in [0.5, 0.6) is 6.01 Å². The topological polar surface area (TPSA) is 35.0 Å². The van der Waals surface area contributed by atoms with E-state index in [-0.39, 0.29) is 0 Å². The molecule has 0 saturated carbocycles. The quantitative estimate of drug-likeness (QED) is 0.781. The molecule has 0 bridgehead atoms. The van der Waals surface area contributed by atoms with Crippen LogP contribution >= 0.6 is 22.9 Å². The van der Waals surface area contributed by atoms with Gasteiger partial charge in [0.2, 0.25) is 0 Å². The first-order chi connectivity index (χ1) is 8.29. The summed E-state index contributed by atoms with van der Waals surface area (Å²) in [6.45, 7) is 2.51. The van der Waals surface area contributed by atoms with E-state index in [1.165, 1.54) is 4.88 Å². The Bertz CT molecular complexity index is 473. The van der Waals surface area contributed by atoms with Gasteiger partial charge < -0.3 is 4.74 Å². The van der Waals surface area contributed by atoms with Gasteiger partial charge in [-0.1, -0.05) is 6.07 Å². The standard InChI is InChI=1S/C12H13ClN2OS/c1-9-10(7-13)8-14-12(15-9)16-5-4-11-3-2-6-17-11/h2-3,6,8H,4-5,7H2,1H3. The number of rotatable bonds is 5. The molecule has 0 aliphatic heterocycles. The summed E-state index contributed by atoms with van der Waals surface area (Å²) in [5.74, 6) is 0.432. The van der Waals surface area contributed by atoms with Crippen LogP contribution in [0.1, 0.15) is 16.1 Å². The lowest BCUT2D eigenvalue weighted by atomic mass is 10.3. The molecule has 3 nitrogen and oxygen atoms in total. The molecule has 90 valence electrons. The van der Waals surface area contributed by atoms with Crippen molar-refractivity contribution < 1.29 is 4.74 Å². The zero-order valence-corrected chi connectivity index (χ0v) is 11.1. The maximum atomic E-state index is 5.74. The zero-order chi connectivity index (χ0) is 12.1. The lowest BCUT2D eigenvalue weighted by Gasteiger charge is -2.05. The van der Waals surface area contributed by atoms with Crippen LogP contribution in [0.15, 0.2) is 23.7 Å². The molecule has 0 aliphatic carbocycles. The first-order valence-corrected chi connectivity index (χ1v) is 6.74. The van der Waals surface area contributed by atoms with Crippen LogP contribution in [0.3, 0.4) is 0 Å². The largest absolute Gasteiger partial charge is 0.463 e. The Morgan fingerprint density at radius 3 is 3.00 bits per heavy atom. The van der Waals surface area contributed by atoms with Crippen molar-refractivity contribution >= 4 is 22.9 Å². The fourth-order valence-electron chi connectivity index (χ4n) is 1.37. The van der Waals surface area contributed by atoms with Crippen LogP contribution in [0.4, 0.5) is 0 Å². The lowest BCUT2D eigenvalue weighted by Crippen LogP contribution is -2.05. The van der Waals surface area contributed by atoms with E-state index in [0.717, 1.165) is 17.7 Å². The highest BCUT2D eigenvalue weighted by Gasteiger charge is 2.03. The predicted octanol–water partition coefficient (Wildman–Crippen LogP) is 3.21. The SMILES string of the molecule is Cc1nc(OCCc2cccs2)ncc1CCl. The molecule has 0 amide bonds. The third-order valence-corrected chi connectivity index (χ3v) is 3.59. The van der Waals surface area contributed by atoms with Gasteiger partial charge in [0.05, 0.1) is 12.5 Å². The number of alkyl halides is 1. The van der Waals surface area contributed by atoms with E-state index >= 15 is 0 Å². The van der Waals surface area contributed by atoms with Crippen LogP contribution < -0.4 is 4.74 Å². The van der Waals surface area contributed by atoms with Gasteiger partial charge in [-0.25, -0.2) is 9.97 Å². The predicted molar refractivity (Wildman–Crippen MR) is 69.8 cm³/mol. The van der Waals surface area contributed by atoms with Crippen LogP contribution in [0.25, 0.3) is 0 Å². The monoisotopic (exact) mass is 268 g/mol. The second kappa shape index (κ2) is 5.98. The molecule has 2 rings (SSSR count).